The molecule has 21 heavy (non-hydrogen) atoms. The van der Waals surface area contributed by atoms with E-state index in [-0.39, 0.29) is 0 Å². The summed E-state index contributed by atoms with van der Waals surface area (Å²) in [6.07, 6.45) is 2.42. The zero-order chi connectivity index (χ0) is 14.3. The molecule has 2 fully saturated rings. The Morgan fingerprint density at radius 3 is 2.71 bits per heavy atom. The molecule has 0 amide bonds. The zero-order valence-electron chi connectivity index (χ0n) is 12.7. The van der Waals surface area contributed by atoms with Gasteiger partial charge in [0.15, 0.2) is 0 Å². The quantitative estimate of drug-likeness (QED) is 0.897. The molecule has 0 saturated carbocycles. The van der Waals surface area contributed by atoms with Gasteiger partial charge in [-0.15, -0.1) is 0 Å². The molecule has 1 N–H and O–H groups in total. The van der Waals surface area contributed by atoms with Crippen LogP contribution in [0.15, 0.2) is 24.3 Å². The molecule has 2 heterocycles. The van der Waals surface area contributed by atoms with Gasteiger partial charge in [-0.3, -0.25) is 4.90 Å². The summed E-state index contributed by atoms with van der Waals surface area (Å²) in [5, 5.41) is 3.43. The van der Waals surface area contributed by atoms with Crippen molar-refractivity contribution in [2.75, 3.05) is 52.5 Å². The molecule has 0 radical (unpaired) electrons. The van der Waals surface area contributed by atoms with Crippen molar-refractivity contribution in [3.05, 3.63) is 29.8 Å². The number of morpholine rings is 1. The zero-order valence-corrected chi connectivity index (χ0v) is 12.7. The first kappa shape index (κ1) is 14.8. The van der Waals surface area contributed by atoms with Gasteiger partial charge >= 0.3 is 0 Å². The van der Waals surface area contributed by atoms with Crippen molar-refractivity contribution in [1.82, 2.24) is 10.2 Å². The Balaban J connectivity index is 1.54. The Labute approximate surface area is 127 Å². The highest BCUT2D eigenvalue weighted by Gasteiger charge is 2.18. The monoisotopic (exact) mass is 290 g/mol. The van der Waals surface area contributed by atoms with Crippen LogP contribution >= 0.6 is 0 Å². The minimum Gasteiger partial charge on any atom is -0.492 e. The lowest BCUT2D eigenvalue weighted by Crippen LogP contribution is -2.38. The number of piperidine rings is 1. The second-order valence-electron chi connectivity index (χ2n) is 5.86. The van der Waals surface area contributed by atoms with Gasteiger partial charge in [-0.1, -0.05) is 18.2 Å². The maximum Gasteiger partial charge on any atom is 0.122 e. The van der Waals surface area contributed by atoms with Crippen LogP contribution in [-0.2, 0) is 4.74 Å². The maximum atomic E-state index is 6.09. The van der Waals surface area contributed by atoms with E-state index in [0.29, 0.717) is 5.92 Å². The average Bonchev–Trinajstić information content (AvgIpc) is 2.57. The normalized spacial score (nSPS) is 21.3. The number of nitrogens with zero attached hydrogens (tertiary/aromatic N) is 1. The van der Waals surface area contributed by atoms with Gasteiger partial charge in [0.2, 0.25) is 0 Å². The molecule has 0 spiro atoms. The lowest BCUT2D eigenvalue weighted by molar-refractivity contribution is 0.0322. The lowest BCUT2D eigenvalue weighted by Gasteiger charge is -2.27. The Morgan fingerprint density at radius 2 is 1.90 bits per heavy atom. The molecular formula is C17H26N2O2. The minimum atomic E-state index is 0.644. The largest absolute Gasteiger partial charge is 0.492 e. The number of benzene rings is 1. The molecule has 0 atom stereocenters. The standard InChI is InChI=1S/C17H26N2O2/c1-2-4-17(16(3-1)15-5-7-18-8-6-15)21-14-11-19-9-12-20-13-10-19/h1-4,15,18H,5-14H2. The van der Waals surface area contributed by atoms with Crippen molar-refractivity contribution >= 4 is 0 Å². The van der Waals surface area contributed by atoms with E-state index < -0.39 is 0 Å². The van der Waals surface area contributed by atoms with Crippen molar-refractivity contribution in [2.45, 2.75) is 18.8 Å². The predicted octanol–water partition coefficient (Wildman–Crippen LogP) is 1.86. The van der Waals surface area contributed by atoms with Crippen LogP contribution in [0.25, 0.3) is 0 Å². The van der Waals surface area contributed by atoms with Gasteiger partial charge in [0.1, 0.15) is 12.4 Å². The molecule has 0 bridgehead atoms. The third-order valence-electron chi connectivity index (χ3n) is 4.47. The Kier molecular flexibility index (Phi) is 5.49. The molecule has 1 aromatic carbocycles. The molecule has 2 aliphatic heterocycles. The first-order chi connectivity index (χ1) is 10.4. The second-order valence-corrected chi connectivity index (χ2v) is 5.86. The summed E-state index contributed by atoms with van der Waals surface area (Å²) in [5.74, 6) is 1.73. The summed E-state index contributed by atoms with van der Waals surface area (Å²) >= 11 is 0. The van der Waals surface area contributed by atoms with E-state index in [9.17, 15) is 0 Å². The topological polar surface area (TPSA) is 33.7 Å². The molecule has 4 heteroatoms. The van der Waals surface area contributed by atoms with Crippen LogP contribution in [0.2, 0.25) is 0 Å². The predicted molar refractivity (Wildman–Crippen MR) is 84.0 cm³/mol. The number of ether oxygens (including phenoxy) is 2. The molecule has 2 saturated heterocycles. The van der Waals surface area contributed by atoms with Crippen LogP contribution in [0.3, 0.4) is 0 Å². The molecule has 0 aliphatic carbocycles. The first-order valence-electron chi connectivity index (χ1n) is 8.16. The third-order valence-corrected chi connectivity index (χ3v) is 4.47. The van der Waals surface area contributed by atoms with E-state index >= 15 is 0 Å². The molecule has 116 valence electrons. The summed E-state index contributed by atoms with van der Waals surface area (Å²) in [4.78, 5) is 2.41. The van der Waals surface area contributed by atoms with Crippen molar-refractivity contribution in [3.63, 3.8) is 0 Å². The van der Waals surface area contributed by atoms with Crippen molar-refractivity contribution in [3.8, 4) is 5.75 Å². The number of hydrogen-bond donors (Lipinski definition) is 1. The lowest BCUT2D eigenvalue weighted by atomic mass is 9.89. The summed E-state index contributed by atoms with van der Waals surface area (Å²) in [6, 6.07) is 8.57. The van der Waals surface area contributed by atoms with E-state index in [1.165, 1.54) is 18.4 Å². The number of nitrogens with one attached hydrogen (secondary N) is 1. The summed E-state index contributed by atoms with van der Waals surface area (Å²) in [6.45, 7) is 7.75. The van der Waals surface area contributed by atoms with Gasteiger partial charge < -0.3 is 14.8 Å². The average molecular weight is 290 g/mol. The highest BCUT2D eigenvalue weighted by molar-refractivity contribution is 5.36. The maximum absolute atomic E-state index is 6.09. The summed E-state index contributed by atoms with van der Waals surface area (Å²) < 4.78 is 11.5. The fourth-order valence-electron chi connectivity index (χ4n) is 3.19. The first-order valence-corrected chi connectivity index (χ1v) is 8.16. The van der Waals surface area contributed by atoms with Crippen LogP contribution < -0.4 is 10.1 Å². The van der Waals surface area contributed by atoms with Gasteiger partial charge in [-0.2, -0.15) is 0 Å². The van der Waals surface area contributed by atoms with Crippen LogP contribution in [-0.4, -0.2) is 57.4 Å². The number of para-hydroxylation sites is 1. The molecule has 1 aromatic rings. The molecule has 2 aliphatic rings. The van der Waals surface area contributed by atoms with Crippen molar-refractivity contribution < 1.29 is 9.47 Å². The summed E-state index contributed by atoms with van der Waals surface area (Å²) in [7, 11) is 0. The third kappa shape index (κ3) is 4.19. The van der Waals surface area contributed by atoms with E-state index in [0.717, 1.165) is 58.3 Å². The van der Waals surface area contributed by atoms with Crippen LogP contribution in [0.4, 0.5) is 0 Å². The smallest absolute Gasteiger partial charge is 0.122 e. The molecule has 0 unspecified atom stereocenters. The van der Waals surface area contributed by atoms with Crippen LogP contribution in [0.1, 0.15) is 24.3 Å². The SMILES string of the molecule is c1ccc(C2CCNCC2)c(OCCN2CCOCC2)c1. The fraction of sp³-hybridized carbons (Fsp3) is 0.647. The molecule has 0 aromatic heterocycles. The minimum absolute atomic E-state index is 0.644. The van der Waals surface area contributed by atoms with E-state index in [2.05, 4.69) is 34.5 Å². The van der Waals surface area contributed by atoms with E-state index in [1.54, 1.807) is 0 Å². The molecule has 3 rings (SSSR count). The summed E-state index contributed by atoms with van der Waals surface area (Å²) in [5.41, 5.74) is 1.39. The molecule has 4 nitrogen and oxygen atoms in total. The van der Waals surface area contributed by atoms with E-state index in [1.807, 2.05) is 0 Å². The van der Waals surface area contributed by atoms with Crippen molar-refractivity contribution in [1.29, 1.82) is 0 Å². The Hall–Kier alpha value is -1.10. The van der Waals surface area contributed by atoms with Gasteiger partial charge in [-0.05, 0) is 43.5 Å². The van der Waals surface area contributed by atoms with Crippen LogP contribution in [0, 0.1) is 0 Å². The molecular weight excluding hydrogens is 264 g/mol. The van der Waals surface area contributed by atoms with Crippen molar-refractivity contribution in [2.24, 2.45) is 0 Å². The number of rotatable bonds is 5. The highest BCUT2D eigenvalue weighted by atomic mass is 16.5. The van der Waals surface area contributed by atoms with Gasteiger partial charge in [0.25, 0.3) is 0 Å². The van der Waals surface area contributed by atoms with Gasteiger partial charge in [-0.25, -0.2) is 0 Å². The second kappa shape index (κ2) is 7.78. The number of hydrogen-bond acceptors (Lipinski definition) is 4. The van der Waals surface area contributed by atoms with Gasteiger partial charge in [0, 0.05) is 19.6 Å². The van der Waals surface area contributed by atoms with Crippen LogP contribution in [0.5, 0.6) is 5.75 Å². The van der Waals surface area contributed by atoms with E-state index in [4.69, 9.17) is 9.47 Å². The Bertz CT molecular complexity index is 427. The fourth-order valence-corrected chi connectivity index (χ4v) is 3.19. The highest BCUT2D eigenvalue weighted by Crippen LogP contribution is 2.32. The Morgan fingerprint density at radius 1 is 1.14 bits per heavy atom. The van der Waals surface area contributed by atoms with Gasteiger partial charge in [0.05, 0.1) is 13.2 Å².